The maximum absolute atomic E-state index is 12.2. The van der Waals surface area contributed by atoms with Crippen molar-refractivity contribution in [1.82, 2.24) is 10.6 Å². The molecular weight excluding hydrogens is 252 g/mol. The zero-order chi connectivity index (χ0) is 14.6. The Bertz CT molecular complexity index is 471. The molecular formula is C16H24N2O2. The Hall–Kier alpha value is -1.39. The van der Waals surface area contributed by atoms with Gasteiger partial charge in [-0.15, -0.1) is 0 Å². The van der Waals surface area contributed by atoms with Crippen LogP contribution in [-0.2, 0) is 17.8 Å². The lowest BCUT2D eigenvalue weighted by Gasteiger charge is -2.28. The lowest BCUT2D eigenvalue weighted by molar-refractivity contribution is -0.124. The molecule has 2 rings (SSSR count). The quantitative estimate of drug-likeness (QED) is 0.761. The van der Waals surface area contributed by atoms with Crippen LogP contribution in [0.25, 0.3) is 0 Å². The fraction of sp³-hybridized carbons (Fsp3) is 0.562. The van der Waals surface area contributed by atoms with E-state index in [2.05, 4.69) is 22.8 Å². The van der Waals surface area contributed by atoms with Gasteiger partial charge in [-0.2, -0.15) is 0 Å². The Morgan fingerprint density at radius 2 is 2.15 bits per heavy atom. The average molecular weight is 276 g/mol. The first-order valence-electron chi connectivity index (χ1n) is 7.32. The Labute approximate surface area is 120 Å². The largest absolute Gasteiger partial charge is 0.388 e. The van der Waals surface area contributed by atoms with Crippen LogP contribution < -0.4 is 10.6 Å². The molecule has 4 nitrogen and oxygen atoms in total. The summed E-state index contributed by atoms with van der Waals surface area (Å²) in [6.07, 6.45) is 2.30. The van der Waals surface area contributed by atoms with E-state index in [1.807, 2.05) is 19.1 Å². The summed E-state index contributed by atoms with van der Waals surface area (Å²) < 4.78 is 0. The number of rotatable bonds is 5. The van der Waals surface area contributed by atoms with Crippen LogP contribution in [0, 0.1) is 0 Å². The molecule has 0 bridgehead atoms. The Morgan fingerprint density at radius 3 is 2.85 bits per heavy atom. The maximum Gasteiger partial charge on any atom is 0.237 e. The molecule has 0 saturated heterocycles. The van der Waals surface area contributed by atoms with Crippen LogP contribution in [0.15, 0.2) is 24.3 Å². The number of hydrogen-bond acceptors (Lipinski definition) is 3. The summed E-state index contributed by atoms with van der Waals surface area (Å²) in [5.74, 6) is -0.0316. The normalized spacial score (nSPS) is 20.9. The molecule has 1 heterocycles. The molecule has 20 heavy (non-hydrogen) atoms. The van der Waals surface area contributed by atoms with Crippen molar-refractivity contribution in [3.8, 4) is 0 Å². The van der Waals surface area contributed by atoms with Gasteiger partial charge >= 0.3 is 0 Å². The molecule has 110 valence electrons. The third-order valence-corrected chi connectivity index (χ3v) is 3.83. The molecule has 0 aromatic heterocycles. The smallest absolute Gasteiger partial charge is 0.237 e. The van der Waals surface area contributed by atoms with E-state index in [0.29, 0.717) is 19.4 Å². The van der Waals surface area contributed by atoms with Gasteiger partial charge in [-0.1, -0.05) is 37.6 Å². The van der Waals surface area contributed by atoms with Gasteiger partial charge in [0.2, 0.25) is 5.91 Å². The highest BCUT2D eigenvalue weighted by Gasteiger charge is 2.26. The van der Waals surface area contributed by atoms with Crippen LogP contribution in [0.3, 0.4) is 0 Å². The van der Waals surface area contributed by atoms with Gasteiger partial charge in [0.1, 0.15) is 0 Å². The number of amides is 1. The molecule has 0 fully saturated rings. The van der Waals surface area contributed by atoms with Crippen LogP contribution in [-0.4, -0.2) is 29.2 Å². The predicted molar refractivity (Wildman–Crippen MR) is 79.3 cm³/mol. The molecule has 4 heteroatoms. The van der Waals surface area contributed by atoms with Crippen molar-refractivity contribution < 1.29 is 9.90 Å². The topological polar surface area (TPSA) is 61.4 Å². The number of aliphatic hydroxyl groups is 1. The van der Waals surface area contributed by atoms with Gasteiger partial charge in [-0.25, -0.2) is 0 Å². The Morgan fingerprint density at radius 1 is 1.45 bits per heavy atom. The van der Waals surface area contributed by atoms with Crippen LogP contribution in [0.4, 0.5) is 0 Å². The number of nitrogens with one attached hydrogen (secondary N) is 2. The van der Waals surface area contributed by atoms with Crippen LogP contribution >= 0.6 is 0 Å². The lowest BCUT2D eigenvalue weighted by atomic mass is 9.95. The van der Waals surface area contributed by atoms with E-state index in [1.165, 1.54) is 11.1 Å². The van der Waals surface area contributed by atoms with Crippen LogP contribution in [0.5, 0.6) is 0 Å². The molecule has 1 amide bonds. The van der Waals surface area contributed by atoms with Gasteiger partial charge in [0.05, 0.1) is 11.6 Å². The van der Waals surface area contributed by atoms with Crippen molar-refractivity contribution >= 4 is 5.91 Å². The third-order valence-electron chi connectivity index (χ3n) is 3.83. The standard InChI is InChI=1S/C16H24N2O2/c1-3-8-16(2,20)11-18-15(19)14-9-12-6-4-5-7-13(12)10-17-14/h4-7,14,17,20H,3,8-11H2,1-2H3,(H,18,19). The molecule has 1 aliphatic heterocycles. The second kappa shape index (κ2) is 6.37. The van der Waals surface area contributed by atoms with E-state index in [1.54, 1.807) is 6.92 Å². The Balaban J connectivity index is 1.89. The fourth-order valence-corrected chi connectivity index (χ4v) is 2.67. The number of carbonyl (C=O) groups is 1. The zero-order valence-electron chi connectivity index (χ0n) is 12.3. The summed E-state index contributed by atoms with van der Waals surface area (Å²) in [4.78, 5) is 12.2. The van der Waals surface area contributed by atoms with Crippen molar-refractivity contribution in [3.63, 3.8) is 0 Å². The van der Waals surface area contributed by atoms with Crippen LogP contribution in [0.1, 0.15) is 37.8 Å². The van der Waals surface area contributed by atoms with E-state index in [-0.39, 0.29) is 11.9 Å². The second-order valence-corrected chi connectivity index (χ2v) is 5.87. The van der Waals surface area contributed by atoms with E-state index < -0.39 is 5.60 Å². The fourth-order valence-electron chi connectivity index (χ4n) is 2.67. The Kier molecular flexibility index (Phi) is 4.78. The van der Waals surface area contributed by atoms with E-state index in [4.69, 9.17) is 0 Å². The lowest BCUT2D eigenvalue weighted by Crippen LogP contribution is -2.51. The van der Waals surface area contributed by atoms with E-state index in [9.17, 15) is 9.90 Å². The molecule has 2 unspecified atom stereocenters. The molecule has 1 aromatic carbocycles. The van der Waals surface area contributed by atoms with Crippen molar-refractivity contribution in [3.05, 3.63) is 35.4 Å². The molecule has 0 radical (unpaired) electrons. The SMILES string of the molecule is CCCC(C)(O)CNC(=O)C1Cc2ccccc2CN1. The van der Waals surface area contributed by atoms with Crippen molar-refractivity contribution in [2.75, 3.05) is 6.54 Å². The van der Waals surface area contributed by atoms with Gasteiger partial charge in [0.25, 0.3) is 0 Å². The molecule has 0 aliphatic carbocycles. The summed E-state index contributed by atoms with van der Waals surface area (Å²) in [6, 6.07) is 7.97. The van der Waals surface area contributed by atoms with E-state index in [0.717, 1.165) is 13.0 Å². The van der Waals surface area contributed by atoms with Gasteiger partial charge in [0.15, 0.2) is 0 Å². The van der Waals surface area contributed by atoms with Crippen molar-refractivity contribution in [2.45, 2.75) is 51.3 Å². The first-order valence-corrected chi connectivity index (χ1v) is 7.32. The van der Waals surface area contributed by atoms with Gasteiger partial charge in [0, 0.05) is 13.1 Å². The minimum Gasteiger partial charge on any atom is -0.388 e. The molecule has 1 aromatic rings. The first-order chi connectivity index (χ1) is 9.52. The zero-order valence-corrected chi connectivity index (χ0v) is 12.3. The minimum atomic E-state index is -0.822. The summed E-state index contributed by atoms with van der Waals surface area (Å²) in [5, 5.41) is 16.2. The molecule has 2 atom stereocenters. The first kappa shape index (κ1) is 15.0. The highest BCUT2D eigenvalue weighted by atomic mass is 16.3. The highest BCUT2D eigenvalue weighted by molar-refractivity contribution is 5.82. The summed E-state index contributed by atoms with van der Waals surface area (Å²) in [7, 11) is 0. The van der Waals surface area contributed by atoms with Gasteiger partial charge in [-0.05, 0) is 30.9 Å². The monoisotopic (exact) mass is 276 g/mol. The average Bonchev–Trinajstić information content (AvgIpc) is 2.44. The number of hydrogen-bond donors (Lipinski definition) is 3. The minimum absolute atomic E-state index is 0.0316. The summed E-state index contributed by atoms with van der Waals surface area (Å²) >= 11 is 0. The van der Waals surface area contributed by atoms with E-state index >= 15 is 0 Å². The highest BCUT2D eigenvalue weighted by Crippen LogP contribution is 2.16. The number of fused-ring (bicyclic) bond motifs is 1. The molecule has 0 spiro atoms. The number of carbonyl (C=O) groups excluding carboxylic acids is 1. The van der Waals surface area contributed by atoms with Gasteiger partial charge < -0.3 is 15.7 Å². The molecule has 3 N–H and O–H groups in total. The molecule has 1 aliphatic rings. The molecule has 0 saturated carbocycles. The second-order valence-electron chi connectivity index (χ2n) is 5.87. The predicted octanol–water partition coefficient (Wildman–Crippen LogP) is 1.37. The third kappa shape index (κ3) is 3.81. The van der Waals surface area contributed by atoms with Crippen molar-refractivity contribution in [2.24, 2.45) is 0 Å². The van der Waals surface area contributed by atoms with Gasteiger partial charge in [-0.3, -0.25) is 4.79 Å². The van der Waals surface area contributed by atoms with Crippen molar-refractivity contribution in [1.29, 1.82) is 0 Å². The number of benzene rings is 1. The summed E-state index contributed by atoms with van der Waals surface area (Å²) in [5.41, 5.74) is 1.66. The van der Waals surface area contributed by atoms with Crippen LogP contribution in [0.2, 0.25) is 0 Å². The summed E-state index contributed by atoms with van der Waals surface area (Å²) in [6.45, 7) is 4.81. The maximum atomic E-state index is 12.2.